The summed E-state index contributed by atoms with van der Waals surface area (Å²) in [6.07, 6.45) is 3.28. The van der Waals surface area contributed by atoms with Gasteiger partial charge in [-0.2, -0.15) is 0 Å². The molecule has 0 aliphatic rings. The summed E-state index contributed by atoms with van der Waals surface area (Å²) in [5.41, 5.74) is 1.71. The van der Waals surface area contributed by atoms with E-state index in [1.165, 1.54) is 6.08 Å². The fourth-order valence-electron chi connectivity index (χ4n) is 1.51. The van der Waals surface area contributed by atoms with Crippen molar-refractivity contribution in [2.45, 2.75) is 0 Å². The molecule has 0 bridgehead atoms. The Bertz CT molecular complexity index is 651. The van der Waals surface area contributed by atoms with Gasteiger partial charge in [-0.05, 0) is 57.9 Å². The van der Waals surface area contributed by atoms with Gasteiger partial charge in [0.2, 0.25) is 5.91 Å². The van der Waals surface area contributed by atoms with Crippen LogP contribution >= 0.6 is 47.8 Å². The Kier molecular flexibility index (Phi) is 5.57. The second kappa shape index (κ2) is 7.20. The fourth-order valence-corrected chi connectivity index (χ4v) is 2.92. The maximum absolute atomic E-state index is 11.9. The van der Waals surface area contributed by atoms with Crippen molar-refractivity contribution in [2.24, 2.45) is 0 Å². The van der Waals surface area contributed by atoms with Crippen LogP contribution in [0.15, 0.2) is 62.0 Å². The number of hydrogen-bond acceptors (Lipinski definition) is 1. The normalized spacial score (nSPS) is 10.8. The lowest BCUT2D eigenvalue weighted by Crippen LogP contribution is -2.08. The summed E-state index contributed by atoms with van der Waals surface area (Å²) >= 11 is 10.1. The van der Waals surface area contributed by atoms with Gasteiger partial charge in [0.05, 0.1) is 5.69 Å². The Labute approximate surface area is 142 Å². The molecule has 0 radical (unpaired) electrons. The molecule has 0 fully saturated rings. The van der Waals surface area contributed by atoms with E-state index in [1.807, 2.05) is 42.5 Å². The third kappa shape index (κ3) is 4.58. The molecule has 20 heavy (non-hydrogen) atoms. The van der Waals surface area contributed by atoms with E-state index < -0.39 is 0 Å². The van der Waals surface area contributed by atoms with Crippen molar-refractivity contribution in [3.8, 4) is 0 Å². The van der Waals surface area contributed by atoms with E-state index >= 15 is 0 Å². The summed E-state index contributed by atoms with van der Waals surface area (Å²) in [7, 11) is 0. The number of amides is 1. The van der Waals surface area contributed by atoms with Crippen LogP contribution in [0, 0.1) is 0 Å². The van der Waals surface area contributed by atoms with E-state index in [4.69, 9.17) is 0 Å². The first-order valence-corrected chi connectivity index (χ1v) is 8.12. The van der Waals surface area contributed by atoms with Crippen LogP contribution in [-0.2, 0) is 4.79 Å². The first-order chi connectivity index (χ1) is 9.54. The molecule has 1 amide bonds. The average Bonchev–Trinajstić information content (AvgIpc) is 2.41. The van der Waals surface area contributed by atoms with E-state index in [9.17, 15) is 4.79 Å². The maximum atomic E-state index is 11.9. The largest absolute Gasteiger partial charge is 0.321 e. The molecule has 0 unspecified atom stereocenters. The van der Waals surface area contributed by atoms with E-state index in [0.29, 0.717) is 0 Å². The van der Waals surface area contributed by atoms with Crippen LogP contribution in [-0.4, -0.2) is 5.91 Å². The second-order valence-corrected chi connectivity index (χ2v) is 6.68. The van der Waals surface area contributed by atoms with Crippen molar-refractivity contribution in [3.63, 3.8) is 0 Å². The van der Waals surface area contributed by atoms with Crippen molar-refractivity contribution in [1.82, 2.24) is 0 Å². The molecule has 2 aromatic rings. The summed E-state index contributed by atoms with van der Waals surface area (Å²) in [6, 6.07) is 13.3. The lowest BCUT2D eigenvalue weighted by molar-refractivity contribution is -0.111. The average molecular weight is 460 g/mol. The van der Waals surface area contributed by atoms with Crippen molar-refractivity contribution in [3.05, 3.63) is 67.5 Å². The lowest BCUT2D eigenvalue weighted by atomic mass is 10.2. The first-order valence-electron chi connectivity index (χ1n) is 5.74. The number of rotatable bonds is 3. The second-order valence-electron chi connectivity index (χ2n) is 4.00. The Balaban J connectivity index is 2.03. The van der Waals surface area contributed by atoms with Crippen LogP contribution in [0.1, 0.15) is 5.56 Å². The summed E-state index contributed by atoms with van der Waals surface area (Å²) in [5, 5.41) is 2.82. The number of carbonyl (C=O) groups excluding carboxylic acids is 1. The Hall–Kier alpha value is -0.910. The third-order valence-electron chi connectivity index (χ3n) is 2.49. The van der Waals surface area contributed by atoms with Gasteiger partial charge < -0.3 is 5.32 Å². The Morgan fingerprint density at radius 1 is 0.950 bits per heavy atom. The van der Waals surface area contributed by atoms with Gasteiger partial charge in [-0.3, -0.25) is 4.79 Å². The molecule has 0 heterocycles. The number of benzene rings is 2. The number of halogens is 3. The lowest BCUT2D eigenvalue weighted by Gasteiger charge is -2.05. The molecule has 2 rings (SSSR count). The zero-order valence-electron chi connectivity index (χ0n) is 10.2. The molecule has 0 atom stereocenters. The minimum absolute atomic E-state index is 0.170. The van der Waals surface area contributed by atoms with Gasteiger partial charge in [-0.25, -0.2) is 0 Å². The van der Waals surface area contributed by atoms with Gasteiger partial charge in [-0.15, -0.1) is 0 Å². The summed E-state index contributed by atoms with van der Waals surface area (Å²) < 4.78 is 2.79. The quantitative estimate of drug-likeness (QED) is 0.592. The van der Waals surface area contributed by atoms with Crippen molar-refractivity contribution in [1.29, 1.82) is 0 Å². The number of nitrogens with one attached hydrogen (secondary N) is 1. The van der Waals surface area contributed by atoms with Crippen molar-refractivity contribution in [2.75, 3.05) is 5.32 Å². The predicted molar refractivity (Wildman–Crippen MR) is 93.6 cm³/mol. The highest BCUT2D eigenvalue weighted by Crippen LogP contribution is 2.26. The molecule has 0 aromatic heterocycles. The van der Waals surface area contributed by atoms with E-state index in [1.54, 1.807) is 6.08 Å². The molecule has 0 aliphatic heterocycles. The molecular formula is C15H10Br3NO. The first kappa shape index (κ1) is 15.5. The van der Waals surface area contributed by atoms with Gasteiger partial charge in [0.15, 0.2) is 0 Å². The molecule has 0 saturated heterocycles. The van der Waals surface area contributed by atoms with Crippen LogP contribution in [0.25, 0.3) is 6.08 Å². The number of hydrogen-bond donors (Lipinski definition) is 1. The van der Waals surface area contributed by atoms with Crippen LogP contribution < -0.4 is 5.32 Å². The molecule has 1 N–H and O–H groups in total. The van der Waals surface area contributed by atoms with Crippen LogP contribution in [0.2, 0.25) is 0 Å². The molecule has 2 aromatic carbocycles. The number of carbonyl (C=O) groups is 1. The van der Waals surface area contributed by atoms with Crippen LogP contribution in [0.5, 0.6) is 0 Å². The molecular weight excluding hydrogens is 450 g/mol. The summed E-state index contributed by atoms with van der Waals surface area (Å²) in [5.74, 6) is -0.170. The van der Waals surface area contributed by atoms with Gasteiger partial charge >= 0.3 is 0 Å². The SMILES string of the molecule is O=C(/C=C/c1ccc(Br)cc1)Nc1ccc(Br)cc1Br. The summed E-state index contributed by atoms with van der Waals surface area (Å²) in [4.78, 5) is 11.9. The van der Waals surface area contributed by atoms with Gasteiger partial charge in [-0.1, -0.05) is 44.0 Å². The highest BCUT2D eigenvalue weighted by molar-refractivity contribution is 9.11. The fraction of sp³-hybridized carbons (Fsp3) is 0. The molecule has 0 saturated carbocycles. The molecule has 2 nitrogen and oxygen atoms in total. The van der Waals surface area contributed by atoms with Gasteiger partial charge in [0.25, 0.3) is 0 Å². The van der Waals surface area contributed by atoms with Gasteiger partial charge in [0.1, 0.15) is 0 Å². The minimum atomic E-state index is -0.170. The van der Waals surface area contributed by atoms with Gasteiger partial charge in [0, 0.05) is 19.5 Å². The predicted octanol–water partition coefficient (Wildman–Crippen LogP) is 5.63. The Morgan fingerprint density at radius 2 is 1.60 bits per heavy atom. The highest BCUT2D eigenvalue weighted by atomic mass is 79.9. The number of anilines is 1. The zero-order valence-corrected chi connectivity index (χ0v) is 15.0. The standard InChI is InChI=1S/C15H10Br3NO/c16-11-4-1-10(2-5-11)3-8-15(20)19-14-7-6-12(17)9-13(14)18/h1-9H,(H,19,20)/b8-3+. The van der Waals surface area contributed by atoms with E-state index in [-0.39, 0.29) is 5.91 Å². The molecule has 0 spiro atoms. The zero-order chi connectivity index (χ0) is 14.5. The minimum Gasteiger partial charge on any atom is -0.321 e. The van der Waals surface area contributed by atoms with Crippen molar-refractivity contribution >= 4 is 65.5 Å². The molecule has 5 heteroatoms. The van der Waals surface area contributed by atoms with Crippen LogP contribution in [0.4, 0.5) is 5.69 Å². The van der Waals surface area contributed by atoms with E-state index in [2.05, 4.69) is 53.1 Å². The monoisotopic (exact) mass is 457 g/mol. The Morgan fingerprint density at radius 3 is 2.25 bits per heavy atom. The van der Waals surface area contributed by atoms with Crippen molar-refractivity contribution < 1.29 is 4.79 Å². The maximum Gasteiger partial charge on any atom is 0.248 e. The smallest absolute Gasteiger partial charge is 0.248 e. The van der Waals surface area contributed by atoms with Crippen LogP contribution in [0.3, 0.4) is 0 Å². The molecule has 0 aliphatic carbocycles. The van der Waals surface area contributed by atoms with E-state index in [0.717, 1.165) is 24.7 Å². The third-order valence-corrected chi connectivity index (χ3v) is 4.16. The summed E-state index contributed by atoms with van der Waals surface area (Å²) in [6.45, 7) is 0. The topological polar surface area (TPSA) is 29.1 Å². The molecule has 102 valence electrons. The highest BCUT2D eigenvalue weighted by Gasteiger charge is 2.03.